The maximum Gasteiger partial charge on any atom is -0.00845 e. The van der Waals surface area contributed by atoms with Crippen LogP contribution in [0.4, 0.5) is 0 Å². The molecule has 0 fully saturated rings. The minimum absolute atomic E-state index is 1.13. The predicted octanol–water partition coefficient (Wildman–Crippen LogP) is 5.71. The van der Waals surface area contributed by atoms with Gasteiger partial charge in [-0.15, -0.1) is 0 Å². The van der Waals surface area contributed by atoms with Crippen molar-refractivity contribution >= 4 is 33.7 Å². The molecule has 0 amide bonds. The van der Waals surface area contributed by atoms with Crippen molar-refractivity contribution in [3.63, 3.8) is 0 Å². The van der Waals surface area contributed by atoms with Crippen LogP contribution in [0.3, 0.4) is 0 Å². The quantitative estimate of drug-likeness (QED) is 0.603. The lowest BCUT2D eigenvalue weighted by Gasteiger charge is -2.19. The Labute approximate surface area is 128 Å². The molecule has 0 heterocycles. The Balaban J connectivity index is 2.16. The monoisotopic (exact) mass is 358 g/mol. The van der Waals surface area contributed by atoms with Gasteiger partial charge in [0.15, 0.2) is 0 Å². The van der Waals surface area contributed by atoms with Gasteiger partial charge in [0.2, 0.25) is 0 Å². The van der Waals surface area contributed by atoms with Crippen molar-refractivity contribution in [2.75, 3.05) is 0 Å². The van der Waals surface area contributed by atoms with E-state index in [-0.39, 0.29) is 0 Å². The molecule has 0 radical (unpaired) electrons. The molecule has 0 aromatic heterocycles. The van der Waals surface area contributed by atoms with Crippen molar-refractivity contribution in [1.29, 1.82) is 0 Å². The first kappa shape index (κ1) is 12.7. The molecule has 0 aliphatic heterocycles. The Morgan fingerprint density at radius 2 is 1.26 bits per heavy atom. The first-order valence-electron chi connectivity index (χ1n) is 6.54. The van der Waals surface area contributed by atoms with Crippen LogP contribution in [-0.4, -0.2) is 0 Å². The SMILES string of the molecule is IC1=CC(c2ccccc2)=C(c2ccccc2)CC1. The summed E-state index contributed by atoms with van der Waals surface area (Å²) in [6.45, 7) is 0. The summed E-state index contributed by atoms with van der Waals surface area (Å²) in [6.07, 6.45) is 4.62. The summed E-state index contributed by atoms with van der Waals surface area (Å²) >= 11 is 2.46. The van der Waals surface area contributed by atoms with Crippen LogP contribution in [0.15, 0.2) is 70.3 Å². The standard InChI is InChI=1S/C18H15I/c19-16-11-12-17(14-7-3-1-4-8-14)18(13-16)15-9-5-2-6-10-15/h1-10,13H,11-12H2. The maximum absolute atomic E-state index is 2.46. The van der Waals surface area contributed by atoms with E-state index in [1.54, 1.807) is 0 Å². The van der Waals surface area contributed by atoms with E-state index in [0.717, 1.165) is 12.8 Å². The molecule has 94 valence electrons. The van der Waals surface area contributed by atoms with E-state index in [1.165, 1.54) is 25.9 Å². The Hall–Kier alpha value is -1.35. The van der Waals surface area contributed by atoms with Crippen LogP contribution in [0.5, 0.6) is 0 Å². The highest BCUT2D eigenvalue weighted by Gasteiger charge is 2.14. The molecular formula is C18H15I. The Morgan fingerprint density at radius 1 is 0.684 bits per heavy atom. The smallest absolute Gasteiger partial charge is 0.00845 e. The Kier molecular flexibility index (Phi) is 3.83. The lowest BCUT2D eigenvalue weighted by Crippen LogP contribution is -1.96. The van der Waals surface area contributed by atoms with E-state index >= 15 is 0 Å². The highest BCUT2D eigenvalue weighted by atomic mass is 127. The first-order chi connectivity index (χ1) is 9.34. The van der Waals surface area contributed by atoms with Gasteiger partial charge in [-0.2, -0.15) is 0 Å². The van der Waals surface area contributed by atoms with Crippen LogP contribution in [0, 0.1) is 0 Å². The van der Waals surface area contributed by atoms with E-state index in [2.05, 4.69) is 89.3 Å². The molecule has 0 nitrogen and oxygen atoms in total. The number of hydrogen-bond donors (Lipinski definition) is 0. The van der Waals surface area contributed by atoms with E-state index in [0.29, 0.717) is 0 Å². The number of benzene rings is 2. The lowest BCUT2D eigenvalue weighted by molar-refractivity contribution is 1.05. The molecular weight excluding hydrogens is 343 g/mol. The summed E-state index contributed by atoms with van der Waals surface area (Å²) in [5, 5.41) is 0. The fourth-order valence-electron chi connectivity index (χ4n) is 2.51. The molecule has 19 heavy (non-hydrogen) atoms. The minimum Gasteiger partial charge on any atom is -0.0622 e. The summed E-state index contributed by atoms with van der Waals surface area (Å²) in [5.41, 5.74) is 5.51. The molecule has 0 unspecified atom stereocenters. The Bertz CT molecular complexity index is 621. The molecule has 2 aromatic carbocycles. The van der Waals surface area contributed by atoms with Gasteiger partial charge in [0.1, 0.15) is 0 Å². The highest BCUT2D eigenvalue weighted by Crippen LogP contribution is 2.38. The van der Waals surface area contributed by atoms with E-state index in [4.69, 9.17) is 0 Å². The third kappa shape index (κ3) is 2.81. The van der Waals surface area contributed by atoms with Crippen LogP contribution >= 0.6 is 22.6 Å². The summed E-state index contributed by atoms with van der Waals surface area (Å²) in [5.74, 6) is 0. The molecule has 0 N–H and O–H groups in total. The lowest BCUT2D eigenvalue weighted by atomic mass is 9.88. The van der Waals surface area contributed by atoms with Gasteiger partial charge in [0, 0.05) is 0 Å². The molecule has 0 bridgehead atoms. The Morgan fingerprint density at radius 3 is 1.89 bits per heavy atom. The van der Waals surface area contributed by atoms with Gasteiger partial charge in [-0.05, 0) is 67.4 Å². The third-order valence-electron chi connectivity index (χ3n) is 3.45. The van der Waals surface area contributed by atoms with Gasteiger partial charge in [0.25, 0.3) is 0 Å². The molecule has 1 aliphatic carbocycles. The predicted molar refractivity (Wildman–Crippen MR) is 91.0 cm³/mol. The largest absolute Gasteiger partial charge is 0.0622 e. The van der Waals surface area contributed by atoms with Gasteiger partial charge in [-0.1, -0.05) is 60.7 Å². The second-order valence-corrected chi connectivity index (χ2v) is 6.10. The van der Waals surface area contributed by atoms with Crippen molar-refractivity contribution in [3.05, 3.63) is 81.4 Å². The van der Waals surface area contributed by atoms with Crippen molar-refractivity contribution in [2.45, 2.75) is 12.8 Å². The topological polar surface area (TPSA) is 0 Å². The number of hydrogen-bond acceptors (Lipinski definition) is 0. The molecule has 1 aliphatic rings. The van der Waals surface area contributed by atoms with Gasteiger partial charge in [-0.3, -0.25) is 0 Å². The number of halogens is 1. The molecule has 3 rings (SSSR count). The number of allylic oxidation sites excluding steroid dienone is 4. The van der Waals surface area contributed by atoms with E-state index in [9.17, 15) is 0 Å². The van der Waals surface area contributed by atoms with Crippen molar-refractivity contribution in [1.82, 2.24) is 0 Å². The molecule has 0 saturated heterocycles. The van der Waals surface area contributed by atoms with E-state index in [1.807, 2.05) is 0 Å². The summed E-state index contributed by atoms with van der Waals surface area (Å²) < 4.78 is 1.44. The van der Waals surface area contributed by atoms with Crippen molar-refractivity contribution in [2.24, 2.45) is 0 Å². The molecule has 0 atom stereocenters. The maximum atomic E-state index is 2.46. The van der Waals surface area contributed by atoms with Gasteiger partial charge < -0.3 is 0 Å². The zero-order valence-electron chi connectivity index (χ0n) is 10.6. The summed E-state index contributed by atoms with van der Waals surface area (Å²) in [4.78, 5) is 0. The van der Waals surface area contributed by atoms with Crippen LogP contribution in [-0.2, 0) is 0 Å². The molecule has 0 saturated carbocycles. The zero-order chi connectivity index (χ0) is 13.1. The highest BCUT2D eigenvalue weighted by molar-refractivity contribution is 14.1. The van der Waals surface area contributed by atoms with Crippen molar-refractivity contribution in [3.8, 4) is 0 Å². The second kappa shape index (κ2) is 5.74. The second-order valence-electron chi connectivity index (χ2n) is 4.72. The van der Waals surface area contributed by atoms with Crippen molar-refractivity contribution < 1.29 is 0 Å². The average molecular weight is 358 g/mol. The van der Waals surface area contributed by atoms with Crippen LogP contribution in [0.2, 0.25) is 0 Å². The summed E-state index contributed by atoms with van der Waals surface area (Å²) in [6, 6.07) is 21.4. The van der Waals surface area contributed by atoms with Crippen LogP contribution in [0.25, 0.3) is 11.1 Å². The van der Waals surface area contributed by atoms with Gasteiger partial charge in [-0.25, -0.2) is 0 Å². The van der Waals surface area contributed by atoms with Gasteiger partial charge in [0.05, 0.1) is 0 Å². The summed E-state index contributed by atoms with van der Waals surface area (Å²) in [7, 11) is 0. The molecule has 1 heteroatoms. The third-order valence-corrected chi connectivity index (χ3v) is 4.30. The number of rotatable bonds is 2. The van der Waals surface area contributed by atoms with Crippen LogP contribution in [0.1, 0.15) is 24.0 Å². The fraction of sp³-hybridized carbons (Fsp3) is 0.111. The van der Waals surface area contributed by atoms with Gasteiger partial charge >= 0.3 is 0 Å². The first-order valence-corrected chi connectivity index (χ1v) is 7.62. The van der Waals surface area contributed by atoms with E-state index < -0.39 is 0 Å². The molecule has 0 spiro atoms. The fourth-order valence-corrected chi connectivity index (χ4v) is 3.09. The minimum atomic E-state index is 1.13. The normalized spacial score (nSPS) is 15.3. The molecule has 2 aromatic rings. The average Bonchev–Trinajstić information content (AvgIpc) is 2.49. The zero-order valence-corrected chi connectivity index (χ0v) is 12.8. The van der Waals surface area contributed by atoms with Crippen LogP contribution < -0.4 is 0 Å².